The van der Waals surface area contributed by atoms with Crippen molar-refractivity contribution in [3.05, 3.63) is 22.4 Å². The van der Waals surface area contributed by atoms with E-state index < -0.39 is 5.97 Å². The molecule has 0 saturated carbocycles. The van der Waals surface area contributed by atoms with Gasteiger partial charge < -0.3 is 9.63 Å². The van der Waals surface area contributed by atoms with Crippen LogP contribution in [0.3, 0.4) is 0 Å². The van der Waals surface area contributed by atoms with Gasteiger partial charge in [-0.25, -0.2) is 0 Å². The number of carbonyl (C=O) groups excluding carboxylic acids is 1. The van der Waals surface area contributed by atoms with Crippen LogP contribution in [0.5, 0.6) is 0 Å². The molecular weight excluding hydrogens is 288 g/mol. The minimum absolute atomic E-state index is 0.0762. The van der Waals surface area contributed by atoms with Crippen molar-refractivity contribution in [2.45, 2.75) is 13.3 Å². The Hall–Kier alpha value is -1.67. The number of amides is 1. The number of thiocarbonyl (C=S) groups is 1. The first-order chi connectivity index (χ1) is 8.97. The molecule has 19 heavy (non-hydrogen) atoms. The molecule has 0 atom stereocenters. The van der Waals surface area contributed by atoms with Gasteiger partial charge in [0.2, 0.25) is 0 Å². The molecule has 100 valence electrons. The zero-order chi connectivity index (χ0) is 14.0. The highest BCUT2D eigenvalue weighted by Gasteiger charge is 2.32. The fourth-order valence-electron chi connectivity index (χ4n) is 1.48. The maximum Gasteiger partial charge on any atom is 0.305 e. The van der Waals surface area contributed by atoms with Crippen LogP contribution in [0.2, 0.25) is 0 Å². The highest BCUT2D eigenvalue weighted by molar-refractivity contribution is 8.26. The Kier molecular flexibility index (Phi) is 4.01. The highest BCUT2D eigenvalue weighted by atomic mass is 32.2. The maximum atomic E-state index is 12.0. The molecular formula is C11H10N2O4S2. The van der Waals surface area contributed by atoms with Crippen LogP contribution in [0.1, 0.15) is 17.9 Å². The van der Waals surface area contributed by atoms with E-state index >= 15 is 0 Å². The van der Waals surface area contributed by atoms with E-state index in [4.69, 9.17) is 21.8 Å². The summed E-state index contributed by atoms with van der Waals surface area (Å²) in [5, 5.41) is 12.3. The van der Waals surface area contributed by atoms with Gasteiger partial charge in [-0.2, -0.15) is 0 Å². The van der Waals surface area contributed by atoms with E-state index in [1.54, 1.807) is 19.1 Å². The number of carboxylic acid groups (broad SMARTS) is 1. The topological polar surface area (TPSA) is 83.6 Å². The lowest BCUT2D eigenvalue weighted by atomic mass is 10.3. The lowest BCUT2D eigenvalue weighted by molar-refractivity contribution is -0.137. The first kappa shape index (κ1) is 13.8. The van der Waals surface area contributed by atoms with Gasteiger partial charge in [0.1, 0.15) is 4.32 Å². The van der Waals surface area contributed by atoms with Crippen LogP contribution in [-0.2, 0) is 9.59 Å². The summed E-state index contributed by atoms with van der Waals surface area (Å²) in [6.07, 6.45) is 1.42. The first-order valence-electron chi connectivity index (χ1n) is 5.38. The molecule has 0 bridgehead atoms. The van der Waals surface area contributed by atoms with Crippen molar-refractivity contribution in [2.24, 2.45) is 0 Å². The molecule has 1 aromatic rings. The molecule has 2 rings (SSSR count). The van der Waals surface area contributed by atoms with Gasteiger partial charge in [0.15, 0.2) is 5.76 Å². The van der Waals surface area contributed by atoms with E-state index in [0.717, 1.165) is 11.8 Å². The summed E-state index contributed by atoms with van der Waals surface area (Å²) in [6.45, 7) is 1.85. The molecule has 1 N–H and O–H groups in total. The van der Waals surface area contributed by atoms with Gasteiger partial charge >= 0.3 is 5.97 Å². The largest absolute Gasteiger partial charge is 0.481 e. The minimum Gasteiger partial charge on any atom is -0.481 e. The van der Waals surface area contributed by atoms with E-state index in [2.05, 4.69) is 5.16 Å². The molecule has 1 saturated heterocycles. The molecule has 0 aromatic carbocycles. The lowest BCUT2D eigenvalue weighted by Crippen LogP contribution is -2.30. The third kappa shape index (κ3) is 3.21. The predicted octanol–water partition coefficient (Wildman–Crippen LogP) is 1.66. The minimum atomic E-state index is -0.969. The zero-order valence-electron chi connectivity index (χ0n) is 9.95. The quantitative estimate of drug-likeness (QED) is 0.668. The van der Waals surface area contributed by atoms with Gasteiger partial charge in [-0.15, -0.1) is 0 Å². The van der Waals surface area contributed by atoms with Crippen LogP contribution in [0.15, 0.2) is 15.5 Å². The Bertz CT molecular complexity index is 579. The number of aromatic nitrogens is 1. The fourth-order valence-corrected chi connectivity index (χ4v) is 2.77. The molecule has 6 nitrogen and oxygen atoms in total. The molecule has 1 aliphatic rings. The van der Waals surface area contributed by atoms with Crippen molar-refractivity contribution in [3.8, 4) is 0 Å². The summed E-state index contributed by atoms with van der Waals surface area (Å²) in [5.41, 5.74) is 0.715. The molecule has 1 fully saturated rings. The Morgan fingerprint density at radius 1 is 1.68 bits per heavy atom. The molecule has 8 heteroatoms. The average molecular weight is 298 g/mol. The number of rotatable bonds is 4. The van der Waals surface area contributed by atoms with Crippen molar-refractivity contribution in [1.82, 2.24) is 10.1 Å². The monoisotopic (exact) mass is 298 g/mol. The SMILES string of the molecule is Cc1cc(/C=C2/SC(=S)N(CCC(=O)O)C2=O)on1. The third-order valence-electron chi connectivity index (χ3n) is 2.34. The van der Waals surface area contributed by atoms with Gasteiger partial charge in [-0.1, -0.05) is 29.1 Å². The number of hydrogen-bond acceptors (Lipinski definition) is 6. The Morgan fingerprint density at radius 3 is 3.00 bits per heavy atom. The number of hydrogen-bond donors (Lipinski definition) is 1. The van der Waals surface area contributed by atoms with Crippen LogP contribution in [0.25, 0.3) is 6.08 Å². The van der Waals surface area contributed by atoms with Crippen molar-refractivity contribution in [2.75, 3.05) is 6.54 Å². The number of nitrogens with zero attached hydrogens (tertiary/aromatic N) is 2. The second-order valence-corrected chi connectivity index (χ2v) is 5.52. The summed E-state index contributed by atoms with van der Waals surface area (Å²) < 4.78 is 5.35. The molecule has 2 heterocycles. The summed E-state index contributed by atoms with van der Waals surface area (Å²) in [4.78, 5) is 24.2. The Balaban J connectivity index is 2.13. The van der Waals surface area contributed by atoms with Crippen LogP contribution in [-0.4, -0.2) is 37.9 Å². The van der Waals surface area contributed by atoms with E-state index in [0.29, 0.717) is 20.7 Å². The number of carboxylic acids is 1. The Labute approximate surface area is 118 Å². The van der Waals surface area contributed by atoms with E-state index in [9.17, 15) is 9.59 Å². The molecule has 0 unspecified atom stereocenters. The zero-order valence-corrected chi connectivity index (χ0v) is 11.6. The third-order valence-corrected chi connectivity index (χ3v) is 3.72. The molecule has 1 aromatic heterocycles. The van der Waals surface area contributed by atoms with Crippen molar-refractivity contribution in [3.63, 3.8) is 0 Å². The van der Waals surface area contributed by atoms with Crippen LogP contribution < -0.4 is 0 Å². The van der Waals surface area contributed by atoms with Crippen molar-refractivity contribution in [1.29, 1.82) is 0 Å². The van der Waals surface area contributed by atoms with Gasteiger partial charge in [0, 0.05) is 18.7 Å². The lowest BCUT2D eigenvalue weighted by Gasteiger charge is -2.12. The van der Waals surface area contributed by atoms with E-state index in [1.807, 2.05) is 0 Å². The van der Waals surface area contributed by atoms with Gasteiger partial charge in [0.05, 0.1) is 17.0 Å². The van der Waals surface area contributed by atoms with Crippen LogP contribution in [0.4, 0.5) is 0 Å². The van der Waals surface area contributed by atoms with Crippen LogP contribution >= 0.6 is 24.0 Å². The summed E-state index contributed by atoms with van der Waals surface area (Å²) in [7, 11) is 0. The number of aryl methyl sites for hydroxylation is 1. The summed E-state index contributed by atoms with van der Waals surface area (Å²) in [6, 6.07) is 1.70. The molecule has 0 aliphatic carbocycles. The molecule has 0 spiro atoms. The molecule has 0 radical (unpaired) electrons. The van der Waals surface area contributed by atoms with Crippen LogP contribution in [0, 0.1) is 6.92 Å². The number of thioether (sulfide) groups is 1. The second kappa shape index (κ2) is 5.54. The Morgan fingerprint density at radius 2 is 2.42 bits per heavy atom. The smallest absolute Gasteiger partial charge is 0.305 e. The van der Waals surface area contributed by atoms with Crippen molar-refractivity contribution >= 4 is 46.3 Å². The summed E-state index contributed by atoms with van der Waals surface area (Å²) in [5.74, 6) is -0.801. The van der Waals surface area contributed by atoms with Gasteiger partial charge in [0.25, 0.3) is 5.91 Å². The molecule has 1 amide bonds. The van der Waals surface area contributed by atoms with Crippen molar-refractivity contribution < 1.29 is 19.2 Å². The maximum absolute atomic E-state index is 12.0. The van der Waals surface area contributed by atoms with E-state index in [-0.39, 0.29) is 18.9 Å². The number of aliphatic carboxylic acids is 1. The number of carbonyl (C=O) groups is 2. The molecule has 1 aliphatic heterocycles. The average Bonchev–Trinajstić information content (AvgIpc) is 2.83. The second-order valence-electron chi connectivity index (χ2n) is 3.85. The fraction of sp³-hybridized carbons (Fsp3) is 0.273. The predicted molar refractivity (Wildman–Crippen MR) is 73.4 cm³/mol. The van der Waals surface area contributed by atoms with Gasteiger partial charge in [-0.3, -0.25) is 14.5 Å². The van der Waals surface area contributed by atoms with Gasteiger partial charge in [-0.05, 0) is 6.92 Å². The highest BCUT2D eigenvalue weighted by Crippen LogP contribution is 2.32. The summed E-state index contributed by atoms with van der Waals surface area (Å²) >= 11 is 6.18. The first-order valence-corrected chi connectivity index (χ1v) is 6.60. The normalized spacial score (nSPS) is 17.5. The standard InChI is InChI=1S/C11H10N2O4S2/c1-6-4-7(17-12-6)5-8-10(16)13(11(18)19-8)3-2-9(14)15/h4-5H,2-3H2,1H3,(H,14,15)/b8-5+. The van der Waals surface area contributed by atoms with E-state index in [1.165, 1.54) is 4.90 Å².